The van der Waals surface area contributed by atoms with Gasteiger partial charge in [0.15, 0.2) is 0 Å². The summed E-state index contributed by atoms with van der Waals surface area (Å²) in [5.41, 5.74) is 1.77. The number of halogens is 1. The number of carbonyl (C=O) groups is 1. The van der Waals surface area contributed by atoms with Crippen LogP contribution in [0, 0.1) is 5.82 Å². The summed E-state index contributed by atoms with van der Waals surface area (Å²) in [5.74, 6) is -0.632. The maximum absolute atomic E-state index is 13.5. The SMILES string of the molecule is O=C(NCc1ccccc1F)c1csc(-c2ccccc2)n1. The third-order valence-electron chi connectivity index (χ3n) is 3.15. The van der Waals surface area contributed by atoms with Gasteiger partial charge in [0.1, 0.15) is 16.5 Å². The highest BCUT2D eigenvalue weighted by atomic mass is 32.1. The van der Waals surface area contributed by atoms with Gasteiger partial charge in [0.25, 0.3) is 5.91 Å². The molecule has 0 aliphatic rings. The molecule has 3 rings (SSSR count). The molecule has 1 aromatic heterocycles. The van der Waals surface area contributed by atoms with Crippen LogP contribution in [0.4, 0.5) is 4.39 Å². The molecule has 0 saturated heterocycles. The molecule has 0 saturated carbocycles. The molecule has 0 unspecified atom stereocenters. The number of amides is 1. The average Bonchev–Trinajstić information content (AvgIpc) is 3.05. The summed E-state index contributed by atoms with van der Waals surface area (Å²) < 4.78 is 13.5. The zero-order chi connectivity index (χ0) is 15.4. The first-order valence-corrected chi connectivity index (χ1v) is 7.64. The van der Waals surface area contributed by atoms with Crippen LogP contribution in [-0.2, 0) is 6.54 Å². The van der Waals surface area contributed by atoms with Crippen LogP contribution in [-0.4, -0.2) is 10.9 Å². The van der Waals surface area contributed by atoms with E-state index in [0.717, 1.165) is 10.6 Å². The second-order valence-corrected chi connectivity index (χ2v) is 5.54. The van der Waals surface area contributed by atoms with Crippen molar-refractivity contribution in [2.75, 3.05) is 0 Å². The van der Waals surface area contributed by atoms with Crippen molar-refractivity contribution in [3.05, 3.63) is 77.1 Å². The molecule has 0 radical (unpaired) electrons. The number of hydrogen-bond donors (Lipinski definition) is 1. The summed E-state index contributed by atoms with van der Waals surface area (Å²) in [7, 11) is 0. The Balaban J connectivity index is 1.69. The van der Waals surface area contributed by atoms with Crippen LogP contribution in [0.5, 0.6) is 0 Å². The first-order valence-electron chi connectivity index (χ1n) is 6.76. The lowest BCUT2D eigenvalue weighted by Crippen LogP contribution is -2.23. The summed E-state index contributed by atoms with van der Waals surface area (Å²) in [6.07, 6.45) is 0. The van der Waals surface area contributed by atoms with E-state index in [9.17, 15) is 9.18 Å². The molecule has 0 spiro atoms. The van der Waals surface area contributed by atoms with Crippen molar-refractivity contribution in [1.29, 1.82) is 0 Å². The molecule has 22 heavy (non-hydrogen) atoms. The number of benzene rings is 2. The van der Waals surface area contributed by atoms with E-state index in [1.807, 2.05) is 30.3 Å². The van der Waals surface area contributed by atoms with Crippen molar-refractivity contribution in [3.63, 3.8) is 0 Å². The Bertz CT molecular complexity index is 786. The number of nitrogens with zero attached hydrogens (tertiary/aromatic N) is 1. The van der Waals surface area contributed by atoms with Gasteiger partial charge in [-0.1, -0.05) is 48.5 Å². The quantitative estimate of drug-likeness (QED) is 0.794. The Kier molecular flexibility index (Phi) is 4.25. The van der Waals surface area contributed by atoms with Crippen LogP contribution in [0.2, 0.25) is 0 Å². The fourth-order valence-corrected chi connectivity index (χ4v) is 2.81. The molecular formula is C17H13FN2OS. The molecule has 0 fully saturated rings. The van der Waals surface area contributed by atoms with Crippen LogP contribution in [0.3, 0.4) is 0 Å². The first kappa shape index (κ1) is 14.4. The molecule has 3 aromatic rings. The van der Waals surface area contributed by atoms with Crippen molar-refractivity contribution < 1.29 is 9.18 Å². The normalized spacial score (nSPS) is 10.4. The molecule has 0 aliphatic heterocycles. The summed E-state index contributed by atoms with van der Waals surface area (Å²) >= 11 is 1.41. The van der Waals surface area contributed by atoms with Gasteiger partial charge in [0, 0.05) is 23.1 Å². The number of nitrogens with one attached hydrogen (secondary N) is 1. The molecule has 3 nitrogen and oxygen atoms in total. The van der Waals surface area contributed by atoms with Crippen LogP contribution >= 0.6 is 11.3 Å². The van der Waals surface area contributed by atoms with E-state index in [2.05, 4.69) is 10.3 Å². The Morgan fingerprint density at radius 1 is 1.09 bits per heavy atom. The number of aromatic nitrogens is 1. The third kappa shape index (κ3) is 3.20. The highest BCUT2D eigenvalue weighted by molar-refractivity contribution is 7.13. The van der Waals surface area contributed by atoms with Crippen molar-refractivity contribution in [1.82, 2.24) is 10.3 Å². The monoisotopic (exact) mass is 312 g/mol. The summed E-state index contributed by atoms with van der Waals surface area (Å²) in [5, 5.41) is 5.18. The first-order chi connectivity index (χ1) is 10.7. The third-order valence-corrected chi connectivity index (χ3v) is 4.05. The van der Waals surface area contributed by atoms with Crippen molar-refractivity contribution >= 4 is 17.2 Å². The Morgan fingerprint density at radius 3 is 2.59 bits per heavy atom. The van der Waals surface area contributed by atoms with E-state index in [4.69, 9.17) is 0 Å². The maximum atomic E-state index is 13.5. The molecule has 0 atom stereocenters. The largest absolute Gasteiger partial charge is 0.346 e. The second-order valence-electron chi connectivity index (χ2n) is 4.68. The van der Waals surface area contributed by atoms with Crippen LogP contribution in [0.15, 0.2) is 60.0 Å². The summed E-state index contributed by atoms with van der Waals surface area (Å²) in [6, 6.07) is 16.0. The van der Waals surface area contributed by atoms with Gasteiger partial charge in [-0.3, -0.25) is 4.79 Å². The predicted molar refractivity (Wildman–Crippen MR) is 85.1 cm³/mol. The average molecular weight is 312 g/mol. The van der Waals surface area contributed by atoms with Crippen LogP contribution in [0.1, 0.15) is 16.1 Å². The fraction of sp³-hybridized carbons (Fsp3) is 0.0588. The highest BCUT2D eigenvalue weighted by Gasteiger charge is 2.12. The molecule has 1 amide bonds. The zero-order valence-electron chi connectivity index (χ0n) is 11.6. The van der Waals surface area contributed by atoms with Gasteiger partial charge in [0.05, 0.1) is 0 Å². The zero-order valence-corrected chi connectivity index (χ0v) is 12.4. The molecule has 0 bridgehead atoms. The fourth-order valence-electron chi connectivity index (χ4n) is 2.00. The molecule has 0 aliphatic carbocycles. The van der Waals surface area contributed by atoms with E-state index in [0.29, 0.717) is 11.3 Å². The lowest BCUT2D eigenvalue weighted by molar-refractivity contribution is 0.0946. The van der Waals surface area contributed by atoms with Gasteiger partial charge in [-0.25, -0.2) is 9.37 Å². The van der Waals surface area contributed by atoms with E-state index < -0.39 is 0 Å². The minimum atomic E-state index is -0.328. The highest BCUT2D eigenvalue weighted by Crippen LogP contribution is 2.23. The van der Waals surface area contributed by atoms with E-state index in [1.165, 1.54) is 17.4 Å². The molecule has 1 N–H and O–H groups in total. The van der Waals surface area contributed by atoms with Crippen molar-refractivity contribution in [3.8, 4) is 10.6 Å². The van der Waals surface area contributed by atoms with E-state index >= 15 is 0 Å². The predicted octanol–water partition coefficient (Wildman–Crippen LogP) is 3.88. The lowest BCUT2D eigenvalue weighted by atomic mass is 10.2. The van der Waals surface area contributed by atoms with Crippen molar-refractivity contribution in [2.45, 2.75) is 6.54 Å². The van der Waals surface area contributed by atoms with Gasteiger partial charge in [-0.2, -0.15) is 0 Å². The van der Waals surface area contributed by atoms with E-state index in [1.54, 1.807) is 23.6 Å². The Labute approximate surface area is 131 Å². The Hall–Kier alpha value is -2.53. The number of hydrogen-bond acceptors (Lipinski definition) is 3. The van der Waals surface area contributed by atoms with Gasteiger partial charge in [-0.15, -0.1) is 11.3 Å². The van der Waals surface area contributed by atoms with E-state index in [-0.39, 0.29) is 18.3 Å². The molecular weight excluding hydrogens is 299 g/mol. The topological polar surface area (TPSA) is 42.0 Å². The van der Waals surface area contributed by atoms with Crippen LogP contribution < -0.4 is 5.32 Å². The molecule has 2 aromatic carbocycles. The van der Waals surface area contributed by atoms with Gasteiger partial charge < -0.3 is 5.32 Å². The lowest BCUT2D eigenvalue weighted by Gasteiger charge is -2.04. The van der Waals surface area contributed by atoms with Crippen LogP contribution in [0.25, 0.3) is 10.6 Å². The summed E-state index contributed by atoms with van der Waals surface area (Å²) in [4.78, 5) is 16.4. The second kappa shape index (κ2) is 6.49. The van der Waals surface area contributed by atoms with Gasteiger partial charge in [0.2, 0.25) is 0 Å². The molecule has 5 heteroatoms. The molecule has 110 valence electrons. The minimum absolute atomic E-state index is 0.143. The standard InChI is InChI=1S/C17H13FN2OS/c18-14-9-5-4-8-13(14)10-19-16(21)15-11-22-17(20-15)12-6-2-1-3-7-12/h1-9,11H,10H2,(H,19,21). The smallest absolute Gasteiger partial charge is 0.271 e. The Morgan fingerprint density at radius 2 is 1.82 bits per heavy atom. The van der Waals surface area contributed by atoms with Crippen molar-refractivity contribution in [2.24, 2.45) is 0 Å². The molecule has 1 heterocycles. The maximum Gasteiger partial charge on any atom is 0.271 e. The number of thiazole rings is 1. The van der Waals surface area contributed by atoms with Gasteiger partial charge in [-0.05, 0) is 6.07 Å². The minimum Gasteiger partial charge on any atom is -0.346 e. The summed E-state index contributed by atoms with van der Waals surface area (Å²) in [6.45, 7) is 0.143. The number of rotatable bonds is 4. The number of carbonyl (C=O) groups excluding carboxylic acids is 1. The van der Waals surface area contributed by atoms with Gasteiger partial charge >= 0.3 is 0 Å².